The van der Waals surface area contributed by atoms with Crippen LogP contribution in [0.15, 0.2) is 10.5 Å². The number of nitrogens with zero attached hydrogens (tertiary/aromatic N) is 1. The second kappa shape index (κ2) is 6.52. The summed E-state index contributed by atoms with van der Waals surface area (Å²) in [6.07, 6.45) is 0.957. The number of hydrogen-bond acceptors (Lipinski definition) is 3. The molecule has 0 aromatic carbocycles. The van der Waals surface area contributed by atoms with E-state index < -0.39 is 5.97 Å². The van der Waals surface area contributed by atoms with E-state index in [1.165, 1.54) is 9.75 Å². The number of aryl methyl sites for hydroxylation is 1. The van der Waals surface area contributed by atoms with E-state index in [0.29, 0.717) is 6.54 Å². The third-order valence-corrected chi connectivity index (χ3v) is 4.94. The number of rotatable bonds is 6. The third-order valence-electron chi connectivity index (χ3n) is 2.82. The van der Waals surface area contributed by atoms with Gasteiger partial charge in [-0.25, -0.2) is 0 Å². The van der Waals surface area contributed by atoms with E-state index in [1.807, 2.05) is 4.90 Å². The summed E-state index contributed by atoms with van der Waals surface area (Å²) in [6, 6.07) is 2.37. The van der Waals surface area contributed by atoms with Crippen molar-refractivity contribution in [3.05, 3.63) is 20.3 Å². The summed E-state index contributed by atoms with van der Waals surface area (Å²) in [5.41, 5.74) is 0. The van der Waals surface area contributed by atoms with E-state index in [4.69, 9.17) is 5.11 Å². The molecular formula is C12H18BrNO2S. The van der Waals surface area contributed by atoms with Gasteiger partial charge >= 0.3 is 5.97 Å². The predicted octanol–water partition coefficient (Wildman–Crippen LogP) is 3.50. The van der Waals surface area contributed by atoms with Crippen molar-refractivity contribution in [1.82, 2.24) is 4.90 Å². The van der Waals surface area contributed by atoms with Crippen LogP contribution in [-0.2, 0) is 11.3 Å². The molecule has 1 atom stereocenters. The van der Waals surface area contributed by atoms with Gasteiger partial charge in [0.05, 0.1) is 6.54 Å². The summed E-state index contributed by atoms with van der Waals surface area (Å²) in [5.74, 6) is -0.766. The lowest BCUT2D eigenvalue weighted by molar-refractivity contribution is -0.139. The minimum absolute atomic E-state index is 0.101. The van der Waals surface area contributed by atoms with E-state index in [9.17, 15) is 4.79 Å². The minimum atomic E-state index is -0.766. The number of carbonyl (C=O) groups is 1. The van der Waals surface area contributed by atoms with E-state index >= 15 is 0 Å². The van der Waals surface area contributed by atoms with Crippen molar-refractivity contribution in [3.8, 4) is 0 Å². The molecule has 0 bridgehead atoms. The number of hydrogen-bond donors (Lipinski definition) is 1. The number of halogens is 1. The maximum absolute atomic E-state index is 10.8. The lowest BCUT2D eigenvalue weighted by Gasteiger charge is -2.25. The third kappa shape index (κ3) is 4.41. The van der Waals surface area contributed by atoms with Crippen molar-refractivity contribution in [2.45, 2.75) is 39.8 Å². The normalized spacial score (nSPS) is 13.0. The summed E-state index contributed by atoms with van der Waals surface area (Å²) in [6.45, 7) is 7.01. The first-order valence-corrected chi connectivity index (χ1v) is 7.25. The van der Waals surface area contributed by atoms with Gasteiger partial charge in [0, 0.05) is 26.8 Å². The smallest absolute Gasteiger partial charge is 0.317 e. The number of carboxylic acids is 1. The molecule has 1 aromatic rings. The highest BCUT2D eigenvalue weighted by Gasteiger charge is 2.17. The van der Waals surface area contributed by atoms with Gasteiger partial charge < -0.3 is 5.11 Å². The SMILES string of the molecule is CCC(C)N(CC(=O)O)Cc1cc(Br)c(C)s1. The maximum atomic E-state index is 10.8. The lowest BCUT2D eigenvalue weighted by atomic mass is 10.2. The fraction of sp³-hybridized carbons (Fsp3) is 0.583. The molecule has 17 heavy (non-hydrogen) atoms. The van der Waals surface area contributed by atoms with E-state index in [2.05, 4.69) is 42.8 Å². The first-order valence-electron chi connectivity index (χ1n) is 5.64. The van der Waals surface area contributed by atoms with Crippen molar-refractivity contribution < 1.29 is 9.90 Å². The summed E-state index contributed by atoms with van der Waals surface area (Å²) in [7, 11) is 0. The highest BCUT2D eigenvalue weighted by atomic mass is 79.9. The van der Waals surface area contributed by atoms with Crippen LogP contribution in [0.4, 0.5) is 0 Å². The van der Waals surface area contributed by atoms with Crippen molar-refractivity contribution in [1.29, 1.82) is 0 Å². The second-order valence-electron chi connectivity index (χ2n) is 4.17. The molecule has 1 N–H and O–H groups in total. The average Bonchev–Trinajstić information content (AvgIpc) is 2.55. The van der Waals surface area contributed by atoms with Gasteiger partial charge in [-0.3, -0.25) is 9.69 Å². The van der Waals surface area contributed by atoms with Crippen LogP contribution in [0.25, 0.3) is 0 Å². The highest BCUT2D eigenvalue weighted by molar-refractivity contribution is 9.10. The molecule has 0 aliphatic heterocycles. The largest absolute Gasteiger partial charge is 0.480 e. The Morgan fingerprint density at radius 2 is 2.29 bits per heavy atom. The summed E-state index contributed by atoms with van der Waals surface area (Å²) in [4.78, 5) is 15.3. The van der Waals surface area contributed by atoms with Gasteiger partial charge in [0.1, 0.15) is 0 Å². The molecule has 0 radical (unpaired) electrons. The summed E-state index contributed by atoms with van der Waals surface area (Å²) < 4.78 is 1.11. The van der Waals surface area contributed by atoms with Gasteiger partial charge in [0.15, 0.2) is 0 Å². The zero-order valence-electron chi connectivity index (χ0n) is 10.4. The van der Waals surface area contributed by atoms with Crippen LogP contribution in [0.5, 0.6) is 0 Å². The van der Waals surface area contributed by atoms with Crippen molar-refractivity contribution in [3.63, 3.8) is 0 Å². The van der Waals surface area contributed by atoms with Crippen molar-refractivity contribution >= 4 is 33.2 Å². The molecule has 1 rings (SSSR count). The molecule has 1 unspecified atom stereocenters. The van der Waals surface area contributed by atoms with Crippen LogP contribution >= 0.6 is 27.3 Å². The van der Waals surface area contributed by atoms with Gasteiger partial charge in [-0.1, -0.05) is 6.92 Å². The average molecular weight is 320 g/mol. The van der Waals surface area contributed by atoms with Crippen molar-refractivity contribution in [2.24, 2.45) is 0 Å². The number of thiophene rings is 1. The van der Waals surface area contributed by atoms with Crippen LogP contribution in [0, 0.1) is 6.92 Å². The summed E-state index contributed by atoms with van der Waals surface area (Å²) in [5, 5.41) is 8.92. The molecule has 0 saturated carbocycles. The molecule has 0 amide bonds. The van der Waals surface area contributed by atoms with Crippen LogP contribution in [0.1, 0.15) is 30.0 Å². The Hall–Kier alpha value is -0.390. The molecule has 0 saturated heterocycles. The molecular weight excluding hydrogens is 302 g/mol. The first-order chi connectivity index (χ1) is 7.93. The Morgan fingerprint density at radius 1 is 1.65 bits per heavy atom. The van der Waals surface area contributed by atoms with E-state index in [0.717, 1.165) is 10.9 Å². The number of carboxylic acid groups (broad SMARTS) is 1. The van der Waals surface area contributed by atoms with E-state index in [1.54, 1.807) is 11.3 Å². The summed E-state index contributed by atoms with van der Waals surface area (Å²) >= 11 is 5.20. The van der Waals surface area contributed by atoms with Crippen LogP contribution in [0.2, 0.25) is 0 Å². The van der Waals surface area contributed by atoms with Gasteiger partial charge in [-0.05, 0) is 42.3 Å². The second-order valence-corrected chi connectivity index (χ2v) is 6.37. The van der Waals surface area contributed by atoms with Gasteiger partial charge in [0.25, 0.3) is 0 Å². The standard InChI is InChI=1S/C12H18BrNO2S/c1-4-8(2)14(7-12(15)16)6-10-5-11(13)9(3)17-10/h5,8H,4,6-7H2,1-3H3,(H,15,16). The Labute approximate surface area is 115 Å². The molecule has 0 aliphatic carbocycles. The zero-order valence-corrected chi connectivity index (χ0v) is 12.8. The minimum Gasteiger partial charge on any atom is -0.480 e. The van der Waals surface area contributed by atoms with Gasteiger partial charge in [0.2, 0.25) is 0 Å². The highest BCUT2D eigenvalue weighted by Crippen LogP contribution is 2.27. The Bertz CT molecular complexity index is 372. The zero-order chi connectivity index (χ0) is 13.0. The molecule has 0 fully saturated rings. The van der Waals surface area contributed by atoms with Gasteiger partial charge in [-0.15, -0.1) is 11.3 Å². The molecule has 1 heterocycles. The Morgan fingerprint density at radius 3 is 2.71 bits per heavy atom. The van der Waals surface area contributed by atoms with Gasteiger partial charge in [-0.2, -0.15) is 0 Å². The van der Waals surface area contributed by atoms with Crippen LogP contribution in [0.3, 0.4) is 0 Å². The van der Waals surface area contributed by atoms with Crippen molar-refractivity contribution in [2.75, 3.05) is 6.54 Å². The molecule has 3 nitrogen and oxygen atoms in total. The first kappa shape index (κ1) is 14.7. The van der Waals surface area contributed by atoms with Crippen LogP contribution in [-0.4, -0.2) is 28.6 Å². The quantitative estimate of drug-likeness (QED) is 0.872. The molecule has 0 aliphatic rings. The monoisotopic (exact) mass is 319 g/mol. The fourth-order valence-corrected chi connectivity index (χ4v) is 3.22. The molecule has 1 aromatic heterocycles. The predicted molar refractivity (Wildman–Crippen MR) is 74.6 cm³/mol. The van der Waals surface area contributed by atoms with E-state index in [-0.39, 0.29) is 12.6 Å². The topological polar surface area (TPSA) is 40.5 Å². The molecule has 96 valence electrons. The fourth-order valence-electron chi connectivity index (χ4n) is 1.60. The lowest BCUT2D eigenvalue weighted by Crippen LogP contribution is -2.36. The maximum Gasteiger partial charge on any atom is 0.317 e. The molecule has 5 heteroatoms. The Kier molecular flexibility index (Phi) is 5.62. The molecule has 0 spiro atoms. The van der Waals surface area contributed by atoms with Crippen LogP contribution < -0.4 is 0 Å². The number of aliphatic carboxylic acids is 1. The Balaban J connectivity index is 2.74.